The van der Waals surface area contributed by atoms with Gasteiger partial charge in [-0.15, -0.1) is 0 Å². The number of amides is 5. The summed E-state index contributed by atoms with van der Waals surface area (Å²) in [6.07, 6.45) is 1.11. The first-order valence-electron chi connectivity index (χ1n) is 15.3. The van der Waals surface area contributed by atoms with Gasteiger partial charge in [0.25, 0.3) is 11.8 Å². The van der Waals surface area contributed by atoms with Crippen molar-refractivity contribution in [2.75, 3.05) is 13.2 Å². The van der Waals surface area contributed by atoms with Gasteiger partial charge in [-0.25, -0.2) is 0 Å². The molecule has 0 spiro atoms. The molecule has 1 atom stereocenters. The Hall–Kier alpha value is -5.35. The fourth-order valence-electron chi connectivity index (χ4n) is 6.14. The topological polar surface area (TPSA) is 136 Å². The standard InChI is InChI=1S/C36H34N4O6/c41-22-33(43)39(17-16-26-6-3-5-25-4-1-2-7-29(25)26)20-24-10-8-23(9-11-24)19-37-34(44)27-12-13-30-28(18-27)21-40(36(30)46)31-14-15-32(42)38-35(31)45/h1-13,18,31,41H,14-17,19-22H2,(H,37,44)(H,38,42,45). The maximum atomic E-state index is 13.0. The highest BCUT2D eigenvalue weighted by atomic mass is 16.3. The van der Waals surface area contributed by atoms with E-state index in [0.717, 1.165) is 27.5 Å². The number of aliphatic hydroxyl groups is 1. The quantitative estimate of drug-likeness (QED) is 0.234. The van der Waals surface area contributed by atoms with Crippen LogP contribution in [0.1, 0.15) is 55.8 Å². The molecule has 1 fully saturated rings. The Kier molecular flexibility index (Phi) is 8.89. The Labute approximate surface area is 266 Å². The fraction of sp³-hybridized carbons (Fsp3) is 0.250. The molecule has 6 rings (SSSR count). The van der Waals surface area contributed by atoms with E-state index in [1.54, 1.807) is 23.1 Å². The van der Waals surface area contributed by atoms with Crippen LogP contribution in [0.3, 0.4) is 0 Å². The zero-order chi connectivity index (χ0) is 32.2. The Bertz CT molecular complexity index is 1830. The zero-order valence-electron chi connectivity index (χ0n) is 25.2. The van der Waals surface area contributed by atoms with Gasteiger partial charge in [-0.2, -0.15) is 0 Å². The molecular weight excluding hydrogens is 584 g/mol. The monoisotopic (exact) mass is 618 g/mol. The van der Waals surface area contributed by atoms with Crippen LogP contribution in [0.5, 0.6) is 0 Å². The Morgan fingerprint density at radius 3 is 2.48 bits per heavy atom. The predicted molar refractivity (Wildman–Crippen MR) is 170 cm³/mol. The summed E-state index contributed by atoms with van der Waals surface area (Å²) < 4.78 is 0. The van der Waals surface area contributed by atoms with Gasteiger partial charge in [-0.05, 0) is 64.1 Å². The molecule has 10 nitrogen and oxygen atoms in total. The smallest absolute Gasteiger partial charge is 0.255 e. The van der Waals surface area contributed by atoms with Crippen LogP contribution in [0.2, 0.25) is 0 Å². The van der Waals surface area contributed by atoms with E-state index in [1.165, 1.54) is 4.90 Å². The number of rotatable bonds is 10. The summed E-state index contributed by atoms with van der Waals surface area (Å²) in [7, 11) is 0. The van der Waals surface area contributed by atoms with Crippen molar-refractivity contribution < 1.29 is 29.1 Å². The van der Waals surface area contributed by atoms with Gasteiger partial charge in [-0.3, -0.25) is 29.3 Å². The van der Waals surface area contributed by atoms with Crippen LogP contribution >= 0.6 is 0 Å². The summed E-state index contributed by atoms with van der Waals surface area (Å²) in [5.74, 6) is -1.75. The number of imide groups is 1. The molecule has 0 aliphatic carbocycles. The molecule has 234 valence electrons. The first kappa shape index (κ1) is 30.7. The highest BCUT2D eigenvalue weighted by Crippen LogP contribution is 2.28. The number of hydrogen-bond acceptors (Lipinski definition) is 6. The van der Waals surface area contributed by atoms with E-state index in [4.69, 9.17) is 0 Å². The van der Waals surface area contributed by atoms with E-state index < -0.39 is 18.6 Å². The van der Waals surface area contributed by atoms with Crippen molar-refractivity contribution in [3.63, 3.8) is 0 Å². The van der Waals surface area contributed by atoms with Gasteiger partial charge in [0.1, 0.15) is 12.6 Å². The highest BCUT2D eigenvalue weighted by molar-refractivity contribution is 6.06. The van der Waals surface area contributed by atoms with E-state index in [1.807, 2.05) is 42.5 Å². The number of carbonyl (C=O) groups excluding carboxylic acids is 5. The first-order chi connectivity index (χ1) is 22.3. The number of benzene rings is 4. The van der Waals surface area contributed by atoms with Crippen LogP contribution in [0.15, 0.2) is 84.9 Å². The number of hydrogen-bond donors (Lipinski definition) is 3. The molecule has 10 heteroatoms. The Balaban J connectivity index is 1.04. The molecule has 3 N–H and O–H groups in total. The lowest BCUT2D eigenvalue weighted by Gasteiger charge is -2.29. The fourth-order valence-corrected chi connectivity index (χ4v) is 6.14. The number of piperidine rings is 1. The Morgan fingerprint density at radius 2 is 1.70 bits per heavy atom. The molecule has 2 aliphatic heterocycles. The minimum absolute atomic E-state index is 0.177. The molecule has 2 aliphatic rings. The average molecular weight is 619 g/mol. The lowest BCUT2D eigenvalue weighted by atomic mass is 10.0. The molecule has 2 heterocycles. The number of nitrogens with zero attached hydrogens (tertiary/aromatic N) is 2. The largest absolute Gasteiger partial charge is 0.387 e. The summed E-state index contributed by atoms with van der Waals surface area (Å²) in [6.45, 7) is 0.716. The molecule has 0 bridgehead atoms. The number of fused-ring (bicyclic) bond motifs is 2. The highest BCUT2D eigenvalue weighted by Gasteiger charge is 2.39. The third-order valence-electron chi connectivity index (χ3n) is 8.65. The minimum Gasteiger partial charge on any atom is -0.387 e. The molecule has 0 saturated carbocycles. The normalized spacial score (nSPS) is 15.9. The summed E-state index contributed by atoms with van der Waals surface area (Å²) in [5, 5.41) is 17.1. The van der Waals surface area contributed by atoms with Crippen LogP contribution in [-0.4, -0.2) is 63.6 Å². The van der Waals surface area contributed by atoms with Gasteiger partial charge in [0.2, 0.25) is 17.7 Å². The first-order valence-corrected chi connectivity index (χ1v) is 15.3. The Morgan fingerprint density at radius 1 is 0.935 bits per heavy atom. The summed E-state index contributed by atoms with van der Waals surface area (Å²) >= 11 is 0. The molecular formula is C36H34N4O6. The number of aliphatic hydroxyl groups excluding tert-OH is 1. The SMILES string of the molecule is O=C1CCC(N2Cc3cc(C(=O)NCc4ccc(CN(CCc5cccc6ccccc56)C(=O)CO)cc4)ccc3C2=O)C(=O)N1. The van der Waals surface area contributed by atoms with Gasteiger partial charge in [-0.1, -0.05) is 66.7 Å². The van der Waals surface area contributed by atoms with Gasteiger partial charge in [0.15, 0.2) is 0 Å². The van der Waals surface area contributed by atoms with E-state index in [2.05, 4.69) is 34.9 Å². The van der Waals surface area contributed by atoms with Crippen molar-refractivity contribution in [3.05, 3.63) is 118 Å². The molecule has 1 unspecified atom stereocenters. The molecule has 46 heavy (non-hydrogen) atoms. The van der Waals surface area contributed by atoms with E-state index in [9.17, 15) is 29.1 Å². The van der Waals surface area contributed by atoms with Crippen molar-refractivity contribution in [1.82, 2.24) is 20.4 Å². The van der Waals surface area contributed by atoms with Crippen LogP contribution in [-0.2, 0) is 40.4 Å². The number of nitrogens with one attached hydrogen (secondary N) is 2. The maximum absolute atomic E-state index is 13.0. The molecule has 5 amide bonds. The van der Waals surface area contributed by atoms with Gasteiger partial charge in [0, 0.05) is 43.7 Å². The third kappa shape index (κ3) is 6.52. The molecule has 0 aromatic heterocycles. The number of carbonyl (C=O) groups is 5. The van der Waals surface area contributed by atoms with Gasteiger partial charge in [0.05, 0.1) is 0 Å². The summed E-state index contributed by atoms with van der Waals surface area (Å²) in [6, 6.07) is 26.0. The predicted octanol–water partition coefficient (Wildman–Crippen LogP) is 3.09. The van der Waals surface area contributed by atoms with Crippen molar-refractivity contribution in [2.45, 2.75) is 44.9 Å². The van der Waals surface area contributed by atoms with Crippen molar-refractivity contribution >= 4 is 40.3 Å². The van der Waals surface area contributed by atoms with Crippen LogP contribution in [0.25, 0.3) is 10.8 Å². The summed E-state index contributed by atoms with van der Waals surface area (Å²) in [5.41, 5.74) is 4.42. The second kappa shape index (κ2) is 13.3. The van der Waals surface area contributed by atoms with E-state index in [-0.39, 0.29) is 49.6 Å². The van der Waals surface area contributed by atoms with Crippen molar-refractivity contribution in [1.29, 1.82) is 0 Å². The molecule has 1 saturated heterocycles. The molecule has 0 radical (unpaired) electrons. The average Bonchev–Trinajstić information content (AvgIpc) is 3.40. The van der Waals surface area contributed by atoms with Crippen LogP contribution in [0, 0.1) is 0 Å². The van der Waals surface area contributed by atoms with Crippen LogP contribution < -0.4 is 10.6 Å². The van der Waals surface area contributed by atoms with E-state index >= 15 is 0 Å². The maximum Gasteiger partial charge on any atom is 0.255 e. The lowest BCUT2D eigenvalue weighted by molar-refractivity contribution is -0.137. The summed E-state index contributed by atoms with van der Waals surface area (Å²) in [4.78, 5) is 65.4. The second-order valence-corrected chi connectivity index (χ2v) is 11.6. The zero-order valence-corrected chi connectivity index (χ0v) is 25.2. The van der Waals surface area contributed by atoms with E-state index in [0.29, 0.717) is 36.2 Å². The minimum atomic E-state index is -0.712. The molecule has 4 aromatic carbocycles. The lowest BCUT2D eigenvalue weighted by Crippen LogP contribution is -2.52. The van der Waals surface area contributed by atoms with Crippen LogP contribution in [0.4, 0.5) is 0 Å². The van der Waals surface area contributed by atoms with Gasteiger partial charge >= 0.3 is 0 Å². The molecule has 4 aromatic rings. The van der Waals surface area contributed by atoms with Crippen molar-refractivity contribution in [3.8, 4) is 0 Å². The van der Waals surface area contributed by atoms with Gasteiger partial charge < -0.3 is 20.2 Å². The van der Waals surface area contributed by atoms with Crippen molar-refractivity contribution in [2.24, 2.45) is 0 Å². The second-order valence-electron chi connectivity index (χ2n) is 11.6. The third-order valence-corrected chi connectivity index (χ3v) is 8.65.